The summed E-state index contributed by atoms with van der Waals surface area (Å²) in [6.45, 7) is 2.47. The molecule has 1 N–H and O–H groups in total. The number of carbonyl (C=O) groups excluding carboxylic acids is 1. The highest BCUT2D eigenvalue weighted by atomic mass is 16.5. The van der Waals surface area contributed by atoms with Crippen molar-refractivity contribution in [1.82, 2.24) is 15.5 Å². The highest BCUT2D eigenvalue weighted by Crippen LogP contribution is 2.20. The number of carbonyl (C=O) groups is 1. The maximum atomic E-state index is 11.9. The van der Waals surface area contributed by atoms with Gasteiger partial charge in [0.2, 0.25) is 12.3 Å². The van der Waals surface area contributed by atoms with Crippen LogP contribution in [0.4, 0.5) is 0 Å². The standard InChI is InChI=1S/C18H17N3O3/c1-13-4-2-3-5-15(13)10-19-17(22)11-23-16-8-6-14(7-9-16)18-21-20-12-24-18/h2-9,12H,10-11H2,1H3,(H,19,22). The lowest BCUT2D eigenvalue weighted by Gasteiger charge is -2.09. The van der Waals surface area contributed by atoms with Crippen LogP contribution in [-0.4, -0.2) is 22.7 Å². The van der Waals surface area contributed by atoms with E-state index in [0.717, 1.165) is 16.7 Å². The summed E-state index contributed by atoms with van der Waals surface area (Å²) >= 11 is 0. The van der Waals surface area contributed by atoms with Gasteiger partial charge in [0.05, 0.1) is 0 Å². The summed E-state index contributed by atoms with van der Waals surface area (Å²) in [7, 11) is 0. The summed E-state index contributed by atoms with van der Waals surface area (Å²) < 4.78 is 10.6. The van der Waals surface area contributed by atoms with Crippen LogP contribution in [0.1, 0.15) is 11.1 Å². The number of hydrogen-bond acceptors (Lipinski definition) is 5. The summed E-state index contributed by atoms with van der Waals surface area (Å²) in [6.07, 6.45) is 1.28. The Bertz CT molecular complexity index is 799. The molecule has 0 saturated carbocycles. The number of aryl methyl sites for hydroxylation is 1. The average Bonchev–Trinajstić information content (AvgIpc) is 3.14. The number of nitrogens with one attached hydrogen (secondary N) is 1. The lowest BCUT2D eigenvalue weighted by Crippen LogP contribution is -2.28. The highest BCUT2D eigenvalue weighted by Gasteiger charge is 2.06. The fraction of sp³-hybridized carbons (Fsp3) is 0.167. The molecule has 0 aliphatic carbocycles. The quantitative estimate of drug-likeness (QED) is 0.755. The number of nitrogens with zero attached hydrogens (tertiary/aromatic N) is 2. The van der Waals surface area contributed by atoms with Gasteiger partial charge in [-0.25, -0.2) is 0 Å². The van der Waals surface area contributed by atoms with Crippen LogP contribution in [0.3, 0.4) is 0 Å². The molecular weight excluding hydrogens is 306 g/mol. The van der Waals surface area contributed by atoms with Crippen LogP contribution < -0.4 is 10.1 Å². The van der Waals surface area contributed by atoms with Crippen LogP contribution in [0, 0.1) is 6.92 Å². The van der Waals surface area contributed by atoms with Gasteiger partial charge in [0.25, 0.3) is 5.91 Å². The SMILES string of the molecule is Cc1ccccc1CNC(=O)COc1ccc(-c2nnco2)cc1. The molecule has 1 amide bonds. The third-order valence-corrected chi connectivity index (χ3v) is 3.57. The van der Waals surface area contributed by atoms with Crippen molar-refractivity contribution in [3.63, 3.8) is 0 Å². The molecule has 24 heavy (non-hydrogen) atoms. The van der Waals surface area contributed by atoms with Crippen molar-refractivity contribution in [3.8, 4) is 17.2 Å². The largest absolute Gasteiger partial charge is 0.484 e. The van der Waals surface area contributed by atoms with Gasteiger partial charge >= 0.3 is 0 Å². The van der Waals surface area contributed by atoms with E-state index in [1.165, 1.54) is 6.39 Å². The smallest absolute Gasteiger partial charge is 0.258 e. The van der Waals surface area contributed by atoms with Crippen LogP contribution in [0.25, 0.3) is 11.5 Å². The molecule has 1 aromatic heterocycles. The van der Waals surface area contributed by atoms with Gasteiger partial charge in [-0.05, 0) is 42.3 Å². The minimum atomic E-state index is -0.167. The molecule has 122 valence electrons. The summed E-state index contributed by atoms with van der Waals surface area (Å²) in [5.74, 6) is 0.876. The fourth-order valence-electron chi connectivity index (χ4n) is 2.19. The van der Waals surface area contributed by atoms with Gasteiger partial charge in [-0.2, -0.15) is 0 Å². The maximum absolute atomic E-state index is 11.9. The molecule has 0 radical (unpaired) electrons. The monoisotopic (exact) mass is 323 g/mol. The number of benzene rings is 2. The number of ether oxygens (including phenoxy) is 1. The van der Waals surface area contributed by atoms with E-state index in [4.69, 9.17) is 9.15 Å². The van der Waals surface area contributed by atoms with E-state index in [1.54, 1.807) is 24.3 Å². The molecule has 0 atom stereocenters. The minimum absolute atomic E-state index is 0.0359. The number of amides is 1. The van der Waals surface area contributed by atoms with Gasteiger partial charge in [0.15, 0.2) is 6.61 Å². The summed E-state index contributed by atoms with van der Waals surface area (Å²) in [5.41, 5.74) is 3.04. The van der Waals surface area contributed by atoms with Crippen molar-refractivity contribution in [2.24, 2.45) is 0 Å². The lowest BCUT2D eigenvalue weighted by molar-refractivity contribution is -0.123. The molecule has 0 aliphatic rings. The van der Waals surface area contributed by atoms with Crippen LogP contribution in [0.5, 0.6) is 5.75 Å². The highest BCUT2D eigenvalue weighted by molar-refractivity contribution is 5.77. The zero-order chi connectivity index (χ0) is 16.8. The Labute approximate surface area is 139 Å². The zero-order valence-corrected chi connectivity index (χ0v) is 13.2. The van der Waals surface area contributed by atoms with Crippen molar-refractivity contribution in [2.75, 3.05) is 6.61 Å². The third-order valence-electron chi connectivity index (χ3n) is 3.57. The first kappa shape index (κ1) is 15.7. The number of hydrogen-bond donors (Lipinski definition) is 1. The van der Waals surface area contributed by atoms with Gasteiger partial charge in [-0.15, -0.1) is 10.2 Å². The van der Waals surface area contributed by atoms with E-state index >= 15 is 0 Å². The Morgan fingerprint density at radius 3 is 2.67 bits per heavy atom. The van der Waals surface area contributed by atoms with Crippen molar-refractivity contribution < 1.29 is 13.9 Å². The average molecular weight is 323 g/mol. The molecular formula is C18H17N3O3. The molecule has 0 unspecified atom stereocenters. The second-order valence-corrected chi connectivity index (χ2v) is 5.26. The van der Waals surface area contributed by atoms with Gasteiger partial charge in [-0.3, -0.25) is 4.79 Å². The Kier molecular flexibility index (Phi) is 4.86. The van der Waals surface area contributed by atoms with Gasteiger partial charge in [0, 0.05) is 12.1 Å². The van der Waals surface area contributed by atoms with E-state index in [-0.39, 0.29) is 12.5 Å². The first-order valence-electron chi connectivity index (χ1n) is 7.53. The summed E-state index contributed by atoms with van der Waals surface area (Å²) in [5, 5.41) is 10.3. The van der Waals surface area contributed by atoms with Crippen LogP contribution in [0.2, 0.25) is 0 Å². The molecule has 3 rings (SSSR count). The van der Waals surface area contributed by atoms with Crippen LogP contribution in [0.15, 0.2) is 59.3 Å². The van der Waals surface area contributed by atoms with Gasteiger partial charge in [0.1, 0.15) is 5.75 Å². The first-order valence-corrected chi connectivity index (χ1v) is 7.53. The molecule has 1 heterocycles. The molecule has 0 saturated heterocycles. The molecule has 3 aromatic rings. The Hall–Kier alpha value is -3.15. The zero-order valence-electron chi connectivity index (χ0n) is 13.2. The van der Waals surface area contributed by atoms with E-state index in [2.05, 4.69) is 15.5 Å². The van der Waals surface area contributed by atoms with E-state index < -0.39 is 0 Å². The molecule has 2 aromatic carbocycles. The number of aromatic nitrogens is 2. The Morgan fingerprint density at radius 2 is 1.96 bits per heavy atom. The third kappa shape index (κ3) is 3.98. The predicted octanol–water partition coefficient (Wildman–Crippen LogP) is 2.74. The molecule has 0 bridgehead atoms. The van der Waals surface area contributed by atoms with E-state index in [1.807, 2.05) is 31.2 Å². The minimum Gasteiger partial charge on any atom is -0.484 e. The summed E-state index contributed by atoms with van der Waals surface area (Å²) in [4.78, 5) is 11.9. The molecule has 6 nitrogen and oxygen atoms in total. The van der Waals surface area contributed by atoms with Crippen molar-refractivity contribution in [2.45, 2.75) is 13.5 Å². The first-order chi connectivity index (χ1) is 11.7. The molecule has 0 aliphatic heterocycles. The van der Waals surface area contributed by atoms with Crippen molar-refractivity contribution >= 4 is 5.91 Å². The maximum Gasteiger partial charge on any atom is 0.258 e. The van der Waals surface area contributed by atoms with Crippen molar-refractivity contribution in [1.29, 1.82) is 0 Å². The van der Waals surface area contributed by atoms with Crippen molar-refractivity contribution in [3.05, 3.63) is 66.1 Å². The lowest BCUT2D eigenvalue weighted by atomic mass is 10.1. The van der Waals surface area contributed by atoms with Gasteiger partial charge in [-0.1, -0.05) is 24.3 Å². The second kappa shape index (κ2) is 7.41. The van der Waals surface area contributed by atoms with Gasteiger partial charge < -0.3 is 14.5 Å². The number of rotatable bonds is 6. The predicted molar refractivity (Wildman–Crippen MR) is 88.3 cm³/mol. The molecule has 0 spiro atoms. The fourth-order valence-corrected chi connectivity index (χ4v) is 2.19. The molecule has 0 fully saturated rings. The normalized spacial score (nSPS) is 10.4. The second-order valence-electron chi connectivity index (χ2n) is 5.26. The van der Waals surface area contributed by atoms with E-state index in [0.29, 0.717) is 18.2 Å². The van der Waals surface area contributed by atoms with Crippen LogP contribution >= 0.6 is 0 Å². The topological polar surface area (TPSA) is 77.2 Å². The van der Waals surface area contributed by atoms with Crippen LogP contribution in [-0.2, 0) is 11.3 Å². The Balaban J connectivity index is 1.48. The van der Waals surface area contributed by atoms with E-state index in [9.17, 15) is 4.79 Å². The Morgan fingerprint density at radius 1 is 1.17 bits per heavy atom. The summed E-state index contributed by atoms with van der Waals surface area (Å²) in [6, 6.07) is 15.1. The molecule has 6 heteroatoms.